The minimum Gasteiger partial charge on any atom is -0.429 e. The van der Waals surface area contributed by atoms with Gasteiger partial charge < -0.3 is 14.3 Å². The van der Waals surface area contributed by atoms with Crippen LogP contribution in [0.1, 0.15) is 45.3 Å². The Morgan fingerprint density at radius 1 is 1.04 bits per heavy atom. The van der Waals surface area contributed by atoms with E-state index in [1.807, 2.05) is 0 Å². The second-order valence-electron chi connectivity index (χ2n) is 6.37. The van der Waals surface area contributed by atoms with Crippen molar-refractivity contribution in [3.63, 3.8) is 0 Å². The first-order chi connectivity index (χ1) is 11.7. The Kier molecular flexibility index (Phi) is 5.41. The molecule has 8 heteroatoms. The fraction of sp³-hybridized carbons (Fsp3) is 0.412. The average molecular weight is 349 g/mol. The molecular weight excluding hydrogens is 330 g/mol. The third kappa shape index (κ3) is 5.03. The molecule has 0 bridgehead atoms. The van der Waals surface area contributed by atoms with Crippen LogP contribution in [0.15, 0.2) is 30.3 Å². The van der Waals surface area contributed by atoms with Gasteiger partial charge in [0.15, 0.2) is 0 Å². The average Bonchev–Trinajstić information content (AvgIpc) is 2.83. The molecule has 1 aliphatic rings. The van der Waals surface area contributed by atoms with Gasteiger partial charge in [-0.2, -0.15) is 0 Å². The summed E-state index contributed by atoms with van der Waals surface area (Å²) in [6.07, 6.45) is -2.61. The number of carbonyl (C=O) groups excluding carboxylic acids is 4. The van der Waals surface area contributed by atoms with Crippen molar-refractivity contribution in [2.45, 2.75) is 45.3 Å². The van der Waals surface area contributed by atoms with Crippen LogP contribution in [0.5, 0.6) is 0 Å². The highest BCUT2D eigenvalue weighted by molar-refractivity contribution is 6.01. The first-order valence-corrected chi connectivity index (χ1v) is 7.69. The third-order valence-corrected chi connectivity index (χ3v) is 3.11. The number of benzene rings is 1. The second kappa shape index (κ2) is 7.33. The molecular formula is C17H19NO7. The van der Waals surface area contributed by atoms with Gasteiger partial charge in [-0.05, 0) is 20.8 Å². The van der Waals surface area contributed by atoms with E-state index in [4.69, 9.17) is 14.3 Å². The smallest absolute Gasteiger partial charge is 0.429 e. The zero-order chi connectivity index (χ0) is 18.6. The third-order valence-electron chi connectivity index (χ3n) is 3.11. The van der Waals surface area contributed by atoms with E-state index >= 15 is 0 Å². The topological polar surface area (TPSA) is 99.2 Å². The number of amides is 2. The highest BCUT2D eigenvalue weighted by Gasteiger charge is 2.37. The number of hydroxylamine groups is 2. The number of rotatable bonds is 4. The number of ether oxygens (including phenoxy) is 2. The lowest BCUT2D eigenvalue weighted by atomic mass is 10.1. The summed E-state index contributed by atoms with van der Waals surface area (Å²) < 4.78 is 10.1. The van der Waals surface area contributed by atoms with E-state index < -0.39 is 35.6 Å². The molecule has 0 radical (unpaired) electrons. The maximum Gasteiger partial charge on any atom is 0.510 e. The van der Waals surface area contributed by atoms with Gasteiger partial charge in [-0.3, -0.25) is 9.59 Å². The Morgan fingerprint density at radius 2 is 1.60 bits per heavy atom. The van der Waals surface area contributed by atoms with Crippen molar-refractivity contribution in [1.29, 1.82) is 0 Å². The molecule has 25 heavy (non-hydrogen) atoms. The summed E-state index contributed by atoms with van der Waals surface area (Å²) in [4.78, 5) is 52.3. The van der Waals surface area contributed by atoms with Crippen molar-refractivity contribution in [3.05, 3.63) is 35.9 Å². The molecule has 1 aromatic rings. The van der Waals surface area contributed by atoms with Gasteiger partial charge in [0, 0.05) is 18.4 Å². The number of hydrogen-bond donors (Lipinski definition) is 0. The highest BCUT2D eigenvalue weighted by atomic mass is 16.8. The van der Waals surface area contributed by atoms with E-state index in [2.05, 4.69) is 0 Å². The Labute approximate surface area is 144 Å². The van der Waals surface area contributed by atoms with E-state index in [-0.39, 0.29) is 12.8 Å². The van der Waals surface area contributed by atoms with E-state index in [0.717, 1.165) is 0 Å². The molecule has 0 aliphatic carbocycles. The zero-order valence-corrected chi connectivity index (χ0v) is 14.2. The molecule has 0 N–H and O–H groups in total. The number of hydrogen-bond acceptors (Lipinski definition) is 7. The highest BCUT2D eigenvalue weighted by Crippen LogP contribution is 2.23. The van der Waals surface area contributed by atoms with Crippen LogP contribution in [-0.2, 0) is 28.7 Å². The minimum atomic E-state index is -1.47. The summed E-state index contributed by atoms with van der Waals surface area (Å²) in [5.74, 6) is -2.31. The molecule has 1 aromatic carbocycles. The molecule has 0 unspecified atom stereocenters. The predicted molar refractivity (Wildman–Crippen MR) is 83.7 cm³/mol. The molecule has 2 amide bonds. The molecule has 1 heterocycles. The van der Waals surface area contributed by atoms with Crippen molar-refractivity contribution in [3.8, 4) is 0 Å². The molecule has 1 aliphatic heterocycles. The molecule has 2 rings (SSSR count). The quantitative estimate of drug-likeness (QED) is 0.607. The monoisotopic (exact) mass is 349 g/mol. The van der Waals surface area contributed by atoms with Gasteiger partial charge in [0.25, 0.3) is 11.8 Å². The van der Waals surface area contributed by atoms with Crippen LogP contribution in [0.3, 0.4) is 0 Å². The number of nitrogens with zero attached hydrogens (tertiary/aromatic N) is 1. The van der Waals surface area contributed by atoms with Crippen LogP contribution in [0, 0.1) is 0 Å². The van der Waals surface area contributed by atoms with Crippen LogP contribution >= 0.6 is 0 Å². The summed E-state index contributed by atoms with van der Waals surface area (Å²) in [6, 6.07) is 8.08. The fourth-order valence-corrected chi connectivity index (χ4v) is 2.05. The SMILES string of the molecule is CC(C)(C)OC(=O)O[C@H](C(=O)ON1C(=O)CCC1=O)c1ccccc1. The summed E-state index contributed by atoms with van der Waals surface area (Å²) in [5, 5.41) is 0.400. The summed E-state index contributed by atoms with van der Waals surface area (Å²) >= 11 is 0. The second-order valence-corrected chi connectivity index (χ2v) is 6.37. The molecule has 1 atom stereocenters. The van der Waals surface area contributed by atoms with Crippen LogP contribution in [0.2, 0.25) is 0 Å². The van der Waals surface area contributed by atoms with Crippen molar-refractivity contribution >= 4 is 23.9 Å². The maximum absolute atomic E-state index is 12.4. The fourth-order valence-electron chi connectivity index (χ4n) is 2.05. The van der Waals surface area contributed by atoms with Crippen LogP contribution in [0.4, 0.5) is 4.79 Å². The number of carbonyl (C=O) groups is 4. The van der Waals surface area contributed by atoms with Gasteiger partial charge in [0.2, 0.25) is 6.10 Å². The first-order valence-electron chi connectivity index (χ1n) is 7.69. The molecule has 0 spiro atoms. The minimum absolute atomic E-state index is 0.0327. The molecule has 0 saturated carbocycles. The largest absolute Gasteiger partial charge is 0.510 e. The Bertz CT molecular complexity index is 662. The van der Waals surface area contributed by atoms with Crippen LogP contribution in [0.25, 0.3) is 0 Å². The zero-order valence-electron chi connectivity index (χ0n) is 14.2. The Morgan fingerprint density at radius 3 is 2.12 bits per heavy atom. The van der Waals surface area contributed by atoms with Crippen LogP contribution in [-0.4, -0.2) is 34.6 Å². The molecule has 134 valence electrons. The summed E-state index contributed by atoms with van der Waals surface area (Å²) in [7, 11) is 0. The number of imide groups is 1. The lowest BCUT2D eigenvalue weighted by Gasteiger charge is -2.23. The summed E-state index contributed by atoms with van der Waals surface area (Å²) in [6.45, 7) is 4.93. The van der Waals surface area contributed by atoms with Crippen LogP contribution < -0.4 is 0 Å². The van der Waals surface area contributed by atoms with E-state index in [1.165, 1.54) is 0 Å². The lowest BCUT2D eigenvalue weighted by Crippen LogP contribution is -2.36. The van der Waals surface area contributed by atoms with Crippen molar-refractivity contribution in [2.75, 3.05) is 0 Å². The molecule has 1 fully saturated rings. The van der Waals surface area contributed by atoms with E-state index in [1.54, 1.807) is 51.1 Å². The van der Waals surface area contributed by atoms with Gasteiger partial charge in [0.05, 0.1) is 0 Å². The lowest BCUT2D eigenvalue weighted by molar-refractivity contribution is -0.204. The standard InChI is InChI=1S/C17H19NO7/c1-17(2,3)24-16(22)23-14(11-7-5-4-6-8-11)15(21)25-18-12(19)9-10-13(18)20/h4-8,14H,9-10H2,1-3H3/t14-/m0/s1. The van der Waals surface area contributed by atoms with Gasteiger partial charge in [-0.25, -0.2) is 9.59 Å². The van der Waals surface area contributed by atoms with Gasteiger partial charge in [-0.1, -0.05) is 30.3 Å². The van der Waals surface area contributed by atoms with Gasteiger partial charge in [-0.15, -0.1) is 5.06 Å². The van der Waals surface area contributed by atoms with E-state index in [9.17, 15) is 19.2 Å². The van der Waals surface area contributed by atoms with Crippen molar-refractivity contribution in [1.82, 2.24) is 5.06 Å². The van der Waals surface area contributed by atoms with Gasteiger partial charge in [0.1, 0.15) is 5.60 Å². The first kappa shape index (κ1) is 18.4. The van der Waals surface area contributed by atoms with Crippen molar-refractivity contribution < 1.29 is 33.5 Å². The van der Waals surface area contributed by atoms with Crippen molar-refractivity contribution in [2.24, 2.45) is 0 Å². The Balaban J connectivity index is 2.17. The Hall–Kier alpha value is -2.90. The maximum atomic E-state index is 12.4. The normalized spacial score (nSPS) is 15.7. The predicted octanol–water partition coefficient (Wildman–Crippen LogP) is 2.29. The summed E-state index contributed by atoms with van der Waals surface area (Å²) in [5.41, 5.74) is -0.499. The molecule has 8 nitrogen and oxygen atoms in total. The molecule has 1 saturated heterocycles. The van der Waals surface area contributed by atoms with Gasteiger partial charge >= 0.3 is 12.1 Å². The molecule has 0 aromatic heterocycles. The van der Waals surface area contributed by atoms with E-state index in [0.29, 0.717) is 10.6 Å².